The first-order valence-electron chi connectivity index (χ1n) is 9.09. The van der Waals surface area contributed by atoms with Crippen LogP contribution in [0, 0.1) is 6.92 Å². The Bertz CT molecular complexity index is 931. The van der Waals surface area contributed by atoms with E-state index < -0.39 is 0 Å². The minimum absolute atomic E-state index is 0.0100. The van der Waals surface area contributed by atoms with Gasteiger partial charge in [-0.05, 0) is 30.5 Å². The number of carbonyl (C=O) groups excluding carboxylic acids is 1. The monoisotopic (exact) mass is 349 g/mol. The van der Waals surface area contributed by atoms with Gasteiger partial charge in [-0.1, -0.05) is 31.2 Å². The van der Waals surface area contributed by atoms with Crippen LogP contribution in [-0.4, -0.2) is 45.0 Å². The molecule has 134 valence electrons. The van der Waals surface area contributed by atoms with Gasteiger partial charge in [0.05, 0.1) is 12.2 Å². The number of aromatic nitrogens is 3. The molecule has 1 unspecified atom stereocenters. The Labute approximate surface area is 152 Å². The van der Waals surface area contributed by atoms with Gasteiger partial charge in [-0.2, -0.15) is 5.10 Å². The first-order chi connectivity index (χ1) is 12.7. The largest absolute Gasteiger partial charge is 0.329 e. The van der Waals surface area contributed by atoms with Gasteiger partial charge in [0.15, 0.2) is 5.65 Å². The maximum absolute atomic E-state index is 13.3. The normalized spacial score (nSPS) is 17.6. The van der Waals surface area contributed by atoms with Crippen LogP contribution in [0.3, 0.4) is 0 Å². The summed E-state index contributed by atoms with van der Waals surface area (Å²) in [4.78, 5) is 19.8. The lowest BCUT2D eigenvalue weighted by atomic mass is 10.0. The van der Waals surface area contributed by atoms with E-state index in [-0.39, 0.29) is 11.9 Å². The summed E-state index contributed by atoms with van der Waals surface area (Å²) in [5.74, 6) is -0.0100. The van der Waals surface area contributed by atoms with E-state index in [4.69, 9.17) is 0 Å². The summed E-state index contributed by atoms with van der Waals surface area (Å²) in [6, 6.07) is 10.5. The van der Waals surface area contributed by atoms with Crippen LogP contribution in [0.5, 0.6) is 0 Å². The number of fused-ring (bicyclic) bond motifs is 1. The van der Waals surface area contributed by atoms with E-state index in [9.17, 15) is 4.79 Å². The topological polar surface area (TPSA) is 62.5 Å². The summed E-state index contributed by atoms with van der Waals surface area (Å²) in [5, 5.41) is 7.70. The lowest BCUT2D eigenvalue weighted by Gasteiger charge is -2.36. The van der Waals surface area contributed by atoms with Gasteiger partial charge in [0.25, 0.3) is 5.91 Å². The fourth-order valence-corrected chi connectivity index (χ4v) is 3.49. The maximum atomic E-state index is 13.3. The molecule has 0 aliphatic carbocycles. The number of piperazine rings is 1. The Morgan fingerprint density at radius 3 is 2.85 bits per heavy atom. The number of hydrogen-bond acceptors (Lipinski definition) is 4. The van der Waals surface area contributed by atoms with Gasteiger partial charge in [-0.15, -0.1) is 0 Å². The van der Waals surface area contributed by atoms with Crippen LogP contribution in [-0.2, 0) is 6.42 Å². The van der Waals surface area contributed by atoms with Crippen molar-refractivity contribution in [2.45, 2.75) is 26.3 Å². The molecule has 1 aromatic carbocycles. The van der Waals surface area contributed by atoms with Crippen molar-refractivity contribution < 1.29 is 4.79 Å². The molecule has 1 aliphatic heterocycles. The highest BCUT2D eigenvalue weighted by atomic mass is 16.2. The summed E-state index contributed by atoms with van der Waals surface area (Å²) in [5.41, 5.74) is 4.51. The molecular formula is C20H23N5O. The molecule has 3 aromatic rings. The average molecular weight is 349 g/mol. The molecule has 2 aromatic heterocycles. The maximum Gasteiger partial charge on any atom is 0.259 e. The van der Waals surface area contributed by atoms with Gasteiger partial charge >= 0.3 is 0 Å². The fraction of sp³-hybridized carbons (Fsp3) is 0.350. The van der Waals surface area contributed by atoms with Crippen molar-refractivity contribution >= 4 is 11.6 Å². The number of aryl methyl sites for hydroxylation is 2. The first-order valence-corrected chi connectivity index (χ1v) is 9.09. The molecule has 6 nitrogen and oxygen atoms in total. The quantitative estimate of drug-likeness (QED) is 0.789. The van der Waals surface area contributed by atoms with Crippen LogP contribution >= 0.6 is 0 Å². The number of nitrogens with one attached hydrogen (secondary N) is 1. The van der Waals surface area contributed by atoms with E-state index in [0.29, 0.717) is 17.8 Å². The van der Waals surface area contributed by atoms with E-state index in [1.54, 1.807) is 10.7 Å². The summed E-state index contributed by atoms with van der Waals surface area (Å²) in [6.45, 7) is 6.28. The van der Waals surface area contributed by atoms with Crippen molar-refractivity contribution in [2.75, 3.05) is 19.6 Å². The third kappa shape index (κ3) is 2.97. The minimum atomic E-state index is -0.0100. The van der Waals surface area contributed by atoms with Crippen molar-refractivity contribution in [3.8, 4) is 0 Å². The Balaban J connectivity index is 1.68. The molecule has 4 rings (SSSR count). The van der Waals surface area contributed by atoms with Crippen molar-refractivity contribution in [2.24, 2.45) is 0 Å². The second-order valence-corrected chi connectivity index (χ2v) is 6.71. The van der Waals surface area contributed by atoms with Gasteiger partial charge in [0.2, 0.25) is 0 Å². The number of rotatable bonds is 3. The standard InChI is InChI=1S/C20H23N5O/c1-3-15-4-6-16(7-5-15)18-13-21-9-11-24(18)20(26)17-12-22-25-10-8-14(2)23-19(17)25/h4-8,10,12,18,21H,3,9,11,13H2,1-2H3. The van der Waals surface area contributed by atoms with E-state index in [0.717, 1.165) is 30.8 Å². The van der Waals surface area contributed by atoms with Crippen LogP contribution in [0.2, 0.25) is 0 Å². The molecule has 1 saturated heterocycles. The minimum Gasteiger partial charge on any atom is -0.329 e. The molecule has 6 heteroatoms. The van der Waals surface area contributed by atoms with Crippen LogP contribution in [0.4, 0.5) is 0 Å². The van der Waals surface area contributed by atoms with Gasteiger partial charge < -0.3 is 10.2 Å². The summed E-state index contributed by atoms with van der Waals surface area (Å²) in [6.07, 6.45) is 4.48. The van der Waals surface area contributed by atoms with Gasteiger partial charge in [0.1, 0.15) is 5.56 Å². The second kappa shape index (κ2) is 6.88. The van der Waals surface area contributed by atoms with Crippen molar-refractivity contribution in [1.82, 2.24) is 24.8 Å². The molecule has 1 fully saturated rings. The SMILES string of the molecule is CCc1ccc(C2CNCCN2C(=O)c2cnn3ccc(C)nc23)cc1. The van der Waals surface area contributed by atoms with E-state index in [1.165, 1.54) is 5.56 Å². The zero-order valence-electron chi connectivity index (χ0n) is 15.1. The number of carbonyl (C=O) groups is 1. The molecule has 0 bridgehead atoms. The highest BCUT2D eigenvalue weighted by molar-refractivity contribution is 6.00. The molecular weight excluding hydrogens is 326 g/mol. The van der Waals surface area contributed by atoms with Gasteiger partial charge in [-0.25, -0.2) is 9.50 Å². The molecule has 0 saturated carbocycles. The van der Waals surface area contributed by atoms with Crippen LogP contribution in [0.25, 0.3) is 5.65 Å². The smallest absolute Gasteiger partial charge is 0.259 e. The number of benzene rings is 1. The molecule has 1 amide bonds. The Morgan fingerprint density at radius 2 is 2.08 bits per heavy atom. The lowest BCUT2D eigenvalue weighted by molar-refractivity contribution is 0.0636. The van der Waals surface area contributed by atoms with Crippen molar-refractivity contribution in [1.29, 1.82) is 0 Å². The highest BCUT2D eigenvalue weighted by Crippen LogP contribution is 2.25. The predicted octanol–water partition coefficient (Wildman–Crippen LogP) is 2.39. The molecule has 1 N–H and O–H groups in total. The zero-order valence-corrected chi connectivity index (χ0v) is 15.1. The third-order valence-electron chi connectivity index (χ3n) is 5.02. The second-order valence-electron chi connectivity index (χ2n) is 6.71. The van der Waals surface area contributed by atoms with E-state index in [1.807, 2.05) is 24.1 Å². The molecule has 1 atom stereocenters. The van der Waals surface area contributed by atoms with Crippen molar-refractivity contribution in [3.05, 3.63) is 65.1 Å². The van der Waals surface area contributed by atoms with Crippen molar-refractivity contribution in [3.63, 3.8) is 0 Å². The molecule has 0 spiro atoms. The molecule has 3 heterocycles. The Hall–Kier alpha value is -2.73. The molecule has 0 radical (unpaired) electrons. The summed E-state index contributed by atoms with van der Waals surface area (Å²) >= 11 is 0. The van der Waals surface area contributed by atoms with Crippen LogP contribution < -0.4 is 5.32 Å². The Kier molecular flexibility index (Phi) is 4.42. The summed E-state index contributed by atoms with van der Waals surface area (Å²) in [7, 11) is 0. The number of amides is 1. The summed E-state index contributed by atoms with van der Waals surface area (Å²) < 4.78 is 1.66. The van der Waals surface area contributed by atoms with E-state index >= 15 is 0 Å². The average Bonchev–Trinajstić information content (AvgIpc) is 3.10. The fourth-order valence-electron chi connectivity index (χ4n) is 3.49. The van der Waals surface area contributed by atoms with Gasteiger partial charge in [0, 0.05) is 31.5 Å². The number of nitrogens with zero attached hydrogens (tertiary/aromatic N) is 4. The number of hydrogen-bond donors (Lipinski definition) is 1. The molecule has 26 heavy (non-hydrogen) atoms. The van der Waals surface area contributed by atoms with Crippen LogP contribution in [0.1, 0.15) is 40.1 Å². The Morgan fingerprint density at radius 1 is 1.27 bits per heavy atom. The first kappa shape index (κ1) is 16.7. The predicted molar refractivity (Wildman–Crippen MR) is 100 cm³/mol. The zero-order chi connectivity index (χ0) is 18.1. The third-order valence-corrected chi connectivity index (χ3v) is 5.02. The molecule has 1 aliphatic rings. The van der Waals surface area contributed by atoms with Crippen LogP contribution in [0.15, 0.2) is 42.7 Å². The van der Waals surface area contributed by atoms with E-state index in [2.05, 4.69) is 46.6 Å². The highest BCUT2D eigenvalue weighted by Gasteiger charge is 2.30. The van der Waals surface area contributed by atoms with Gasteiger partial charge in [-0.3, -0.25) is 4.79 Å². The lowest BCUT2D eigenvalue weighted by Crippen LogP contribution is -2.48.